The molecular weight excluding hydrogens is 673 g/mol. The van der Waals surface area contributed by atoms with Gasteiger partial charge in [0.15, 0.2) is 0 Å². The van der Waals surface area contributed by atoms with Crippen molar-refractivity contribution in [1.82, 2.24) is 10.2 Å². The highest BCUT2D eigenvalue weighted by Gasteiger charge is 2.72. The molecule has 7 nitrogen and oxygen atoms in total. The molecule has 4 fully saturated rings. The molecule has 0 saturated heterocycles. The summed E-state index contributed by atoms with van der Waals surface area (Å²) in [6.07, 6.45) is 22.4. The van der Waals surface area contributed by atoms with Gasteiger partial charge in [0.05, 0.1) is 17.5 Å². The number of nitrogens with one attached hydrogen (secondary N) is 1. The average Bonchev–Trinajstić information content (AvgIpc) is 3.49. The van der Waals surface area contributed by atoms with Crippen LogP contribution in [0.3, 0.4) is 0 Å². The maximum atomic E-state index is 14.6. The molecule has 292 valence electrons. The number of benzene rings is 1. The number of carboxylic acid groups (broad SMARTS) is 2. The SMILES string of the molecule is C#CC12CCC3(C(=O)NCCN(CC(=O)O)C(C)C)CCC(C=CC(=C)C)C3C1CCC1C3(C)CC=C(c4ccc(C(=O)O)cc4)C(C)(C)C3CCC12C. The summed E-state index contributed by atoms with van der Waals surface area (Å²) >= 11 is 0. The van der Waals surface area contributed by atoms with Crippen molar-refractivity contribution in [2.75, 3.05) is 19.6 Å². The summed E-state index contributed by atoms with van der Waals surface area (Å²) in [5.74, 6) is 3.42. The standard InChI is InChI=1S/C47H64N2O5/c1-10-47-26-25-46(42(54)48-27-28-49(31(4)5)29-39(50)51)24-19-33(12-11-30(2)3)40(46)36(47)17-18-38-44(8)22-20-35(32-13-15-34(16-14-32)41(52)53)43(6,7)37(44)21-23-45(38,47)9/h1,11-16,20,31,33,36-38,40H,2,17-19,21-29H2,3-9H3,(H,48,54)(H,50,51)(H,52,53). The van der Waals surface area contributed by atoms with Crippen LogP contribution in [0.4, 0.5) is 0 Å². The van der Waals surface area contributed by atoms with Crippen molar-refractivity contribution < 1.29 is 24.6 Å². The molecule has 0 aromatic heterocycles. The molecule has 3 N–H and O–H groups in total. The van der Waals surface area contributed by atoms with E-state index < -0.39 is 17.4 Å². The van der Waals surface area contributed by atoms with Crippen LogP contribution in [0.2, 0.25) is 0 Å². The predicted octanol–water partition coefficient (Wildman–Crippen LogP) is 9.12. The van der Waals surface area contributed by atoms with Gasteiger partial charge in [0.25, 0.3) is 0 Å². The topological polar surface area (TPSA) is 107 Å². The Kier molecular flexibility index (Phi) is 10.7. The monoisotopic (exact) mass is 736 g/mol. The lowest BCUT2D eigenvalue weighted by atomic mass is 9.32. The van der Waals surface area contributed by atoms with Crippen molar-refractivity contribution in [2.45, 2.75) is 112 Å². The van der Waals surface area contributed by atoms with Crippen molar-refractivity contribution in [3.63, 3.8) is 0 Å². The van der Waals surface area contributed by atoms with Crippen LogP contribution in [0.25, 0.3) is 5.57 Å². The van der Waals surface area contributed by atoms with Gasteiger partial charge in [-0.2, -0.15) is 0 Å². The second-order valence-corrected chi connectivity index (χ2v) is 19.1. The highest BCUT2D eigenvalue weighted by Crippen LogP contribution is 2.77. The van der Waals surface area contributed by atoms with Crippen LogP contribution in [-0.2, 0) is 9.59 Å². The van der Waals surface area contributed by atoms with Gasteiger partial charge < -0.3 is 15.5 Å². The number of aromatic carboxylic acids is 1. The second-order valence-electron chi connectivity index (χ2n) is 19.1. The Bertz CT molecular complexity index is 1770. The van der Waals surface area contributed by atoms with E-state index in [1.165, 1.54) is 5.57 Å². The fourth-order valence-electron chi connectivity index (χ4n) is 13.6. The molecule has 9 unspecified atom stereocenters. The third-order valence-electron chi connectivity index (χ3n) is 16.0. The Balaban J connectivity index is 1.32. The van der Waals surface area contributed by atoms with Crippen molar-refractivity contribution in [3.05, 3.63) is 65.8 Å². The van der Waals surface area contributed by atoms with E-state index >= 15 is 0 Å². The van der Waals surface area contributed by atoms with E-state index in [0.29, 0.717) is 30.5 Å². The lowest BCUT2D eigenvalue weighted by molar-refractivity contribution is -0.209. The molecule has 7 heteroatoms. The van der Waals surface area contributed by atoms with Crippen LogP contribution in [0.15, 0.2) is 54.6 Å². The van der Waals surface area contributed by atoms with Gasteiger partial charge in [0.1, 0.15) is 0 Å². The molecule has 1 aromatic rings. The third kappa shape index (κ3) is 6.29. The Hall–Kier alpha value is -3.63. The van der Waals surface area contributed by atoms with Gasteiger partial charge in [0.2, 0.25) is 5.91 Å². The number of fused-ring (bicyclic) bond motifs is 7. The van der Waals surface area contributed by atoms with Crippen molar-refractivity contribution in [1.29, 1.82) is 0 Å². The Morgan fingerprint density at radius 1 is 1.00 bits per heavy atom. The van der Waals surface area contributed by atoms with Gasteiger partial charge >= 0.3 is 11.9 Å². The van der Waals surface area contributed by atoms with Gasteiger partial charge in [0, 0.05) is 24.5 Å². The van der Waals surface area contributed by atoms with E-state index in [9.17, 15) is 24.6 Å². The highest BCUT2D eigenvalue weighted by molar-refractivity contribution is 5.88. The fraction of sp³-hybridized carbons (Fsp3) is 0.638. The van der Waals surface area contributed by atoms with E-state index in [1.54, 1.807) is 12.1 Å². The zero-order valence-corrected chi connectivity index (χ0v) is 33.8. The number of allylic oxidation sites excluding steroid dienone is 5. The van der Waals surface area contributed by atoms with Crippen LogP contribution >= 0.6 is 0 Å². The molecule has 1 aromatic carbocycles. The van der Waals surface area contributed by atoms with Gasteiger partial charge in [-0.25, -0.2) is 4.79 Å². The summed E-state index contributed by atoms with van der Waals surface area (Å²) in [5, 5.41) is 22.3. The number of carbonyl (C=O) groups is 3. The quantitative estimate of drug-likeness (QED) is 0.155. The molecule has 0 radical (unpaired) electrons. The van der Waals surface area contributed by atoms with Gasteiger partial charge in [-0.1, -0.05) is 76.1 Å². The first-order chi connectivity index (χ1) is 25.4. The molecule has 0 aliphatic heterocycles. The first kappa shape index (κ1) is 40.0. The molecule has 4 saturated carbocycles. The molecular formula is C47H64N2O5. The number of terminal acetylenes is 1. The highest BCUT2D eigenvalue weighted by atomic mass is 16.4. The zero-order chi connectivity index (χ0) is 39.4. The first-order valence-electron chi connectivity index (χ1n) is 20.5. The molecule has 9 atom stereocenters. The van der Waals surface area contributed by atoms with Crippen LogP contribution in [0.1, 0.15) is 122 Å². The molecule has 0 heterocycles. The summed E-state index contributed by atoms with van der Waals surface area (Å²) in [5.41, 5.74) is 2.79. The minimum absolute atomic E-state index is 0.0461. The minimum Gasteiger partial charge on any atom is -0.480 e. The Morgan fingerprint density at radius 2 is 1.70 bits per heavy atom. The maximum absolute atomic E-state index is 14.6. The van der Waals surface area contributed by atoms with E-state index in [1.807, 2.05) is 37.8 Å². The Labute approximate surface area is 324 Å². The number of carboxylic acids is 2. The van der Waals surface area contributed by atoms with Crippen molar-refractivity contribution in [2.24, 2.45) is 56.7 Å². The molecule has 6 rings (SSSR count). The van der Waals surface area contributed by atoms with E-state index in [4.69, 9.17) is 6.42 Å². The van der Waals surface area contributed by atoms with Crippen molar-refractivity contribution >= 4 is 23.4 Å². The summed E-state index contributed by atoms with van der Waals surface area (Å²) in [4.78, 5) is 39.6. The average molecular weight is 737 g/mol. The van der Waals surface area contributed by atoms with E-state index in [0.717, 1.165) is 68.9 Å². The number of hydrogen-bond donors (Lipinski definition) is 3. The minimum atomic E-state index is -0.905. The number of hydrogen-bond acceptors (Lipinski definition) is 4. The summed E-state index contributed by atoms with van der Waals surface area (Å²) in [6, 6.07) is 7.47. The largest absolute Gasteiger partial charge is 0.480 e. The van der Waals surface area contributed by atoms with Crippen LogP contribution in [0, 0.1) is 69.0 Å². The van der Waals surface area contributed by atoms with Gasteiger partial charge in [-0.15, -0.1) is 6.42 Å². The zero-order valence-electron chi connectivity index (χ0n) is 33.8. The number of amides is 1. The second kappa shape index (κ2) is 14.5. The van der Waals surface area contributed by atoms with E-state index in [2.05, 4.69) is 63.7 Å². The molecule has 5 aliphatic carbocycles. The number of aliphatic carboxylic acids is 1. The maximum Gasteiger partial charge on any atom is 0.335 e. The van der Waals surface area contributed by atoms with Crippen LogP contribution in [0.5, 0.6) is 0 Å². The predicted molar refractivity (Wildman–Crippen MR) is 215 cm³/mol. The normalized spacial score (nSPS) is 36.7. The summed E-state index contributed by atoms with van der Waals surface area (Å²) < 4.78 is 0. The number of carbonyl (C=O) groups excluding carboxylic acids is 1. The van der Waals surface area contributed by atoms with Gasteiger partial charge in [-0.3, -0.25) is 14.5 Å². The smallest absolute Gasteiger partial charge is 0.335 e. The molecule has 0 spiro atoms. The van der Waals surface area contributed by atoms with Crippen molar-refractivity contribution in [3.8, 4) is 12.3 Å². The third-order valence-corrected chi connectivity index (χ3v) is 16.0. The first-order valence-corrected chi connectivity index (χ1v) is 20.5. The fourth-order valence-corrected chi connectivity index (χ4v) is 13.6. The summed E-state index contributed by atoms with van der Waals surface area (Å²) in [7, 11) is 0. The van der Waals surface area contributed by atoms with Crippen LogP contribution < -0.4 is 5.32 Å². The molecule has 0 bridgehead atoms. The lowest BCUT2D eigenvalue weighted by Crippen LogP contribution is -2.66. The van der Waals surface area contributed by atoms with Gasteiger partial charge in [-0.05, 0) is 148 Å². The number of rotatable bonds is 11. The summed E-state index contributed by atoms with van der Waals surface area (Å²) in [6.45, 7) is 20.9. The Morgan fingerprint density at radius 3 is 2.31 bits per heavy atom. The lowest BCUT2D eigenvalue weighted by Gasteiger charge is -2.71. The van der Waals surface area contributed by atoms with E-state index in [-0.39, 0.29) is 57.9 Å². The van der Waals surface area contributed by atoms with Crippen LogP contribution in [-0.4, -0.2) is 58.6 Å². The molecule has 5 aliphatic rings. The number of nitrogens with zero attached hydrogens (tertiary/aromatic N) is 1. The molecule has 1 amide bonds. The molecule has 54 heavy (non-hydrogen) atoms.